The summed E-state index contributed by atoms with van der Waals surface area (Å²) in [6.07, 6.45) is -0.000290. The van der Waals surface area contributed by atoms with Crippen LogP contribution in [0.1, 0.15) is 16.1 Å². The Kier molecular flexibility index (Phi) is 4.07. The molecule has 0 aliphatic heterocycles. The number of thiazole rings is 1. The van der Waals surface area contributed by atoms with Crippen LogP contribution in [0.3, 0.4) is 0 Å². The van der Waals surface area contributed by atoms with Crippen molar-refractivity contribution >= 4 is 39.7 Å². The molecule has 100 valence electrons. The highest BCUT2D eigenvalue weighted by molar-refractivity contribution is 7.15. The summed E-state index contributed by atoms with van der Waals surface area (Å²) in [7, 11) is 0. The average Bonchev–Trinajstić information content (AvgIpc) is 2.65. The zero-order valence-corrected chi connectivity index (χ0v) is 12.1. The van der Waals surface area contributed by atoms with Crippen LogP contribution in [0.4, 0.5) is 10.8 Å². The largest absolute Gasteiger partial charge is 0.481 e. The zero-order chi connectivity index (χ0) is 14.0. The van der Waals surface area contributed by atoms with E-state index in [9.17, 15) is 4.79 Å². The molecule has 4 nitrogen and oxygen atoms in total. The van der Waals surface area contributed by atoms with Gasteiger partial charge in [-0.05, 0) is 31.5 Å². The molecule has 0 spiro atoms. The maximum absolute atomic E-state index is 10.7. The number of halogens is 1. The monoisotopic (exact) mass is 296 g/mol. The van der Waals surface area contributed by atoms with Gasteiger partial charge < -0.3 is 10.4 Å². The van der Waals surface area contributed by atoms with E-state index < -0.39 is 5.97 Å². The van der Waals surface area contributed by atoms with Crippen LogP contribution in [-0.2, 0) is 11.2 Å². The molecule has 0 unspecified atom stereocenters. The van der Waals surface area contributed by atoms with Gasteiger partial charge in [-0.2, -0.15) is 0 Å². The van der Waals surface area contributed by atoms with Gasteiger partial charge in [-0.1, -0.05) is 17.7 Å². The molecule has 0 aliphatic rings. The number of benzene rings is 1. The third-order valence-corrected chi connectivity index (χ3v) is 4.20. The van der Waals surface area contributed by atoms with Gasteiger partial charge in [0.1, 0.15) is 0 Å². The molecule has 6 heteroatoms. The van der Waals surface area contributed by atoms with E-state index >= 15 is 0 Å². The Morgan fingerprint density at radius 3 is 2.89 bits per heavy atom. The third kappa shape index (κ3) is 3.24. The summed E-state index contributed by atoms with van der Waals surface area (Å²) in [6.45, 7) is 3.73. The van der Waals surface area contributed by atoms with Crippen LogP contribution in [0.25, 0.3) is 0 Å². The van der Waals surface area contributed by atoms with E-state index in [4.69, 9.17) is 16.7 Å². The Bertz CT molecular complexity index is 625. The molecular weight excluding hydrogens is 284 g/mol. The summed E-state index contributed by atoms with van der Waals surface area (Å²) in [5.41, 5.74) is 2.56. The first-order chi connectivity index (χ1) is 8.97. The molecule has 2 rings (SSSR count). The highest BCUT2D eigenvalue weighted by Crippen LogP contribution is 2.29. The Labute approximate surface area is 120 Å². The van der Waals surface area contributed by atoms with Crippen molar-refractivity contribution in [3.05, 3.63) is 39.4 Å². The number of anilines is 2. The number of nitrogens with one attached hydrogen (secondary N) is 1. The highest BCUT2D eigenvalue weighted by atomic mass is 35.5. The van der Waals surface area contributed by atoms with Crippen LogP contribution in [0.2, 0.25) is 5.02 Å². The molecular formula is C13H13ClN2O2S. The summed E-state index contributed by atoms with van der Waals surface area (Å²) >= 11 is 7.40. The first kappa shape index (κ1) is 13.8. The van der Waals surface area contributed by atoms with Crippen molar-refractivity contribution in [1.29, 1.82) is 0 Å². The van der Waals surface area contributed by atoms with E-state index in [0.717, 1.165) is 21.8 Å². The smallest absolute Gasteiger partial charge is 0.308 e. The van der Waals surface area contributed by atoms with E-state index in [2.05, 4.69) is 10.3 Å². The molecule has 2 aromatic rings. The maximum Gasteiger partial charge on any atom is 0.308 e. The van der Waals surface area contributed by atoms with E-state index in [0.29, 0.717) is 10.2 Å². The van der Waals surface area contributed by atoms with Crippen molar-refractivity contribution in [2.45, 2.75) is 20.3 Å². The van der Waals surface area contributed by atoms with Crippen LogP contribution in [0.15, 0.2) is 18.2 Å². The number of hydrogen-bond donors (Lipinski definition) is 2. The lowest BCUT2D eigenvalue weighted by Crippen LogP contribution is -1.99. The Morgan fingerprint density at radius 2 is 2.21 bits per heavy atom. The summed E-state index contributed by atoms with van der Waals surface area (Å²) in [5, 5.41) is 13.4. The number of hydrogen-bond acceptors (Lipinski definition) is 4. The van der Waals surface area contributed by atoms with Gasteiger partial charge in [0.05, 0.1) is 12.1 Å². The van der Waals surface area contributed by atoms with Crippen LogP contribution < -0.4 is 5.32 Å². The second-order valence-electron chi connectivity index (χ2n) is 4.14. The van der Waals surface area contributed by atoms with Gasteiger partial charge in [0, 0.05) is 15.6 Å². The number of aromatic nitrogens is 1. The van der Waals surface area contributed by atoms with Crippen LogP contribution in [0.5, 0.6) is 0 Å². The Morgan fingerprint density at radius 1 is 1.47 bits per heavy atom. The van der Waals surface area contributed by atoms with Crippen molar-refractivity contribution in [1.82, 2.24) is 4.98 Å². The highest BCUT2D eigenvalue weighted by Gasteiger charge is 2.12. The summed E-state index contributed by atoms with van der Waals surface area (Å²) in [4.78, 5) is 15.8. The molecule has 0 amide bonds. The van der Waals surface area contributed by atoms with Gasteiger partial charge in [-0.25, -0.2) is 4.98 Å². The molecule has 0 fully saturated rings. The molecule has 1 aromatic heterocycles. The molecule has 1 aromatic carbocycles. The fourth-order valence-electron chi connectivity index (χ4n) is 1.64. The van der Waals surface area contributed by atoms with E-state index in [1.165, 1.54) is 11.3 Å². The van der Waals surface area contributed by atoms with Crippen LogP contribution in [0, 0.1) is 13.8 Å². The predicted molar refractivity (Wildman–Crippen MR) is 77.7 cm³/mol. The van der Waals surface area contributed by atoms with Crippen molar-refractivity contribution in [3.8, 4) is 0 Å². The minimum absolute atomic E-state index is 0.000290. The second kappa shape index (κ2) is 5.59. The molecule has 0 saturated heterocycles. The van der Waals surface area contributed by atoms with E-state index in [1.54, 1.807) is 0 Å². The normalized spacial score (nSPS) is 10.5. The van der Waals surface area contributed by atoms with Gasteiger partial charge in [-0.15, -0.1) is 11.3 Å². The maximum atomic E-state index is 10.7. The fraction of sp³-hybridized carbons (Fsp3) is 0.231. The number of carbonyl (C=O) groups is 1. The van der Waals surface area contributed by atoms with Crippen molar-refractivity contribution in [2.75, 3.05) is 5.32 Å². The lowest BCUT2D eigenvalue weighted by atomic mass is 10.2. The molecule has 2 N–H and O–H groups in total. The quantitative estimate of drug-likeness (QED) is 0.901. The Hall–Kier alpha value is -1.59. The molecule has 0 aliphatic carbocycles. The van der Waals surface area contributed by atoms with Crippen molar-refractivity contribution in [2.24, 2.45) is 0 Å². The molecule has 19 heavy (non-hydrogen) atoms. The minimum Gasteiger partial charge on any atom is -0.481 e. The number of rotatable bonds is 4. The van der Waals surface area contributed by atoms with Crippen molar-refractivity contribution < 1.29 is 9.90 Å². The summed E-state index contributed by atoms with van der Waals surface area (Å²) < 4.78 is 0. The molecule has 0 bridgehead atoms. The molecule has 1 heterocycles. The van der Waals surface area contributed by atoms with Gasteiger partial charge in [-0.3, -0.25) is 4.79 Å². The summed E-state index contributed by atoms with van der Waals surface area (Å²) in [6, 6.07) is 5.59. The first-order valence-electron chi connectivity index (χ1n) is 5.67. The standard InChI is InChI=1S/C13H13ClN2O2S/c1-7-9(14)4-3-5-10(7)16-13-15-8(2)11(19-13)6-12(17)18/h3-5H,6H2,1-2H3,(H,15,16)(H,17,18). The number of nitrogens with zero attached hydrogens (tertiary/aromatic N) is 1. The second-order valence-corrected chi connectivity index (χ2v) is 5.63. The SMILES string of the molecule is Cc1nc(Nc2cccc(Cl)c2C)sc1CC(=O)O. The van der Waals surface area contributed by atoms with Crippen LogP contribution in [-0.4, -0.2) is 16.1 Å². The lowest BCUT2D eigenvalue weighted by Gasteiger charge is -2.07. The topological polar surface area (TPSA) is 62.2 Å². The van der Waals surface area contributed by atoms with Crippen molar-refractivity contribution in [3.63, 3.8) is 0 Å². The molecule has 0 atom stereocenters. The first-order valence-corrected chi connectivity index (χ1v) is 6.87. The fourth-order valence-corrected chi connectivity index (χ4v) is 2.78. The van der Waals surface area contributed by atoms with Gasteiger partial charge in [0.25, 0.3) is 0 Å². The van der Waals surface area contributed by atoms with Gasteiger partial charge in [0.2, 0.25) is 0 Å². The van der Waals surface area contributed by atoms with Gasteiger partial charge >= 0.3 is 5.97 Å². The van der Waals surface area contributed by atoms with Gasteiger partial charge in [0.15, 0.2) is 5.13 Å². The average molecular weight is 297 g/mol. The number of aliphatic carboxylic acids is 1. The number of aryl methyl sites for hydroxylation is 1. The lowest BCUT2D eigenvalue weighted by molar-refractivity contribution is -0.136. The Balaban J connectivity index is 2.24. The van der Waals surface area contributed by atoms with E-state index in [-0.39, 0.29) is 6.42 Å². The molecule has 0 radical (unpaired) electrons. The predicted octanol–water partition coefficient (Wildman–Crippen LogP) is 3.78. The minimum atomic E-state index is -0.850. The third-order valence-electron chi connectivity index (χ3n) is 2.71. The van der Waals surface area contributed by atoms with Crippen LogP contribution >= 0.6 is 22.9 Å². The van der Waals surface area contributed by atoms with E-state index in [1.807, 2.05) is 32.0 Å². The zero-order valence-electron chi connectivity index (χ0n) is 10.5. The number of carboxylic acid groups (broad SMARTS) is 1. The molecule has 0 saturated carbocycles. The number of carboxylic acids is 1. The summed E-state index contributed by atoms with van der Waals surface area (Å²) in [5.74, 6) is -0.850.